The van der Waals surface area contributed by atoms with Gasteiger partial charge in [-0.2, -0.15) is 0 Å². The molecule has 137 heavy (non-hydrogen) atoms. The van der Waals surface area contributed by atoms with Gasteiger partial charge in [0.15, 0.2) is 0 Å². The van der Waals surface area contributed by atoms with Crippen LogP contribution in [-0.4, -0.2) is 152 Å². The molecule has 10 aromatic carbocycles. The predicted molar refractivity (Wildman–Crippen MR) is 526 cm³/mol. The Morgan fingerprint density at radius 2 is 0.650 bits per heavy atom. The van der Waals surface area contributed by atoms with Gasteiger partial charge in [-0.1, -0.05) is 121 Å². The van der Waals surface area contributed by atoms with E-state index in [2.05, 4.69) is 77.3 Å². The molecule has 8 aromatic heterocycles. The maximum atomic E-state index is 13.3. The van der Waals surface area contributed by atoms with E-state index >= 15 is 0 Å². The number of nitrogen functional groups attached to an aromatic ring is 3. The molecule has 1 aliphatic carbocycles. The fourth-order valence-electron chi connectivity index (χ4n) is 17.3. The highest BCUT2D eigenvalue weighted by atomic mass is 35.5. The molecule has 7 N–H and O–H groups in total. The summed E-state index contributed by atoms with van der Waals surface area (Å²) in [5.41, 5.74) is 31.3. The molecule has 31 nitrogen and oxygen atoms in total. The van der Waals surface area contributed by atoms with Gasteiger partial charge in [0.05, 0.1) is 77.1 Å². The van der Waals surface area contributed by atoms with E-state index in [4.69, 9.17) is 62.0 Å². The van der Waals surface area contributed by atoms with E-state index in [0.29, 0.717) is 71.5 Å². The number of hydrogen-bond acceptors (Lipinski definition) is 23. The molecule has 23 rings (SSSR count). The number of rotatable bonds is 16. The van der Waals surface area contributed by atoms with Crippen molar-refractivity contribution in [3.63, 3.8) is 0 Å². The number of halogens is 2. The minimum atomic E-state index is -0.296. The average Bonchev–Trinajstić information content (AvgIpc) is 1.65. The van der Waals surface area contributed by atoms with Crippen molar-refractivity contribution >= 4 is 131 Å². The number of nitrogens with two attached hydrogens (primary N) is 3. The van der Waals surface area contributed by atoms with Crippen molar-refractivity contribution < 1.29 is 57.4 Å². The highest BCUT2D eigenvalue weighted by Crippen LogP contribution is 2.41. The number of ether oxygens (including phenoxy) is 7. The molecule has 18 aromatic rings. The number of hydrogen-bond donors (Lipinski definition) is 4. The van der Waals surface area contributed by atoms with Crippen molar-refractivity contribution in [1.82, 2.24) is 58.1 Å². The molecule has 0 radical (unpaired) electrons. The fraction of sp³-hybridized carbons (Fsp3) is 0.154. The van der Waals surface area contributed by atoms with E-state index in [-0.39, 0.29) is 104 Å². The number of carbonyl (C=O) groups excluding carboxylic acids is 4. The normalized spacial score (nSPS) is 14.0. The Hall–Kier alpha value is -17.1. The van der Waals surface area contributed by atoms with Gasteiger partial charge in [-0.3, -0.25) is 19.2 Å². The molecule has 4 aliphatic heterocycles. The largest absolute Gasteiger partial charge is 0.506 e. The molecular formula is C104H89Cl2N19O12. The minimum absolute atomic E-state index is 0.0799. The SMILES string of the molecule is CCl.Nc1ncnc2c1C(=O)N(c1ccc3c(ccn3-c3ccccc3O)c1)CCO2.Nc1ncnc2c1C(=O)N(c1ccc3c(ccn3-c3ccccc3OC3CCCC3)c1)CCO2.Nc1ncnc2c1C(=O)N(c1ccc3c(ccn3-c3ccccc3OCc3ccccc3)c1)CCO2.O=C1c2c(Cl)ncnc2OCCN1c1ccc2c(ccn2-c2ccccc2OCc2ccccc2)c1. The van der Waals surface area contributed by atoms with Crippen LogP contribution in [0.3, 0.4) is 0 Å². The summed E-state index contributed by atoms with van der Waals surface area (Å²) in [6, 6.07) is 82.9. The van der Waals surface area contributed by atoms with E-state index in [1.165, 1.54) is 44.5 Å². The molecule has 33 heteroatoms. The lowest BCUT2D eigenvalue weighted by Crippen LogP contribution is -2.32. The number of nitrogens with zero attached hydrogens (tertiary/aromatic N) is 16. The summed E-state index contributed by atoms with van der Waals surface area (Å²) in [6.07, 6.45) is 19.5. The summed E-state index contributed by atoms with van der Waals surface area (Å²) in [5, 5.41) is 14.2. The van der Waals surface area contributed by atoms with E-state index in [9.17, 15) is 24.3 Å². The first-order valence-electron chi connectivity index (χ1n) is 44.2. The second-order valence-electron chi connectivity index (χ2n) is 32.1. The molecular weight excluding hydrogens is 1780 g/mol. The second kappa shape index (κ2) is 40.2. The summed E-state index contributed by atoms with van der Waals surface area (Å²) >= 11 is 10.9. The number of amides is 4. The zero-order valence-electron chi connectivity index (χ0n) is 73.9. The van der Waals surface area contributed by atoms with Crippen LogP contribution < -0.4 is 70.0 Å². The third kappa shape index (κ3) is 18.6. The number of aromatic hydroxyl groups is 1. The van der Waals surface area contributed by atoms with Crippen LogP contribution in [0.1, 0.15) is 78.2 Å². The van der Waals surface area contributed by atoms with E-state index < -0.39 is 0 Å². The minimum Gasteiger partial charge on any atom is -0.506 e. The first kappa shape index (κ1) is 89.2. The number of carbonyl (C=O) groups is 4. The number of benzene rings is 10. The van der Waals surface area contributed by atoms with Crippen molar-refractivity contribution in [1.29, 1.82) is 0 Å². The number of aromatic nitrogens is 12. The van der Waals surface area contributed by atoms with Crippen LogP contribution in [0.5, 0.6) is 46.5 Å². The number of alkyl halides is 1. The number of fused-ring (bicyclic) bond motifs is 8. The Labute approximate surface area is 795 Å². The maximum absolute atomic E-state index is 13.3. The van der Waals surface area contributed by atoms with Crippen LogP contribution >= 0.6 is 23.2 Å². The van der Waals surface area contributed by atoms with Crippen molar-refractivity contribution in [3.05, 3.63) is 343 Å². The Morgan fingerprint density at radius 1 is 0.350 bits per heavy atom. The molecule has 0 atom stereocenters. The Morgan fingerprint density at radius 3 is 1.01 bits per heavy atom. The molecule has 686 valence electrons. The van der Waals surface area contributed by atoms with E-state index in [1.807, 2.05) is 260 Å². The Bertz CT molecular complexity index is 7290. The quantitative estimate of drug-likeness (QED) is 0.0515. The van der Waals surface area contributed by atoms with Gasteiger partial charge in [-0.25, -0.2) is 39.9 Å². The fourth-order valence-corrected chi connectivity index (χ4v) is 17.5. The van der Waals surface area contributed by atoms with Crippen LogP contribution in [0.2, 0.25) is 5.15 Å². The molecule has 0 bridgehead atoms. The lowest BCUT2D eigenvalue weighted by atomic mass is 10.2. The van der Waals surface area contributed by atoms with Crippen LogP contribution in [0.25, 0.3) is 66.4 Å². The number of phenolic OH excluding ortho intramolecular Hbond substituents is 1. The van der Waals surface area contributed by atoms with Gasteiger partial charge in [0.2, 0.25) is 23.5 Å². The number of para-hydroxylation sites is 8. The molecule has 4 amide bonds. The monoisotopic (exact) mass is 1870 g/mol. The third-order valence-corrected chi connectivity index (χ3v) is 24.2. The zero-order chi connectivity index (χ0) is 94.0. The Kier molecular flexibility index (Phi) is 26.1. The van der Waals surface area contributed by atoms with Crippen molar-refractivity contribution in [2.24, 2.45) is 0 Å². The summed E-state index contributed by atoms with van der Waals surface area (Å²) in [7, 11) is 0. The lowest BCUT2D eigenvalue weighted by molar-refractivity contribution is 0.0981. The van der Waals surface area contributed by atoms with Gasteiger partial charge in [-0.15, -0.1) is 11.6 Å². The van der Waals surface area contributed by atoms with Gasteiger partial charge >= 0.3 is 0 Å². The average molecular weight is 1870 g/mol. The van der Waals surface area contributed by atoms with Crippen LogP contribution in [-0.2, 0) is 13.2 Å². The molecule has 0 spiro atoms. The lowest BCUT2D eigenvalue weighted by Gasteiger charge is -2.21. The van der Waals surface area contributed by atoms with Crippen LogP contribution in [0, 0.1) is 0 Å². The van der Waals surface area contributed by atoms with Crippen molar-refractivity contribution in [3.8, 4) is 69.3 Å². The van der Waals surface area contributed by atoms with E-state index in [0.717, 1.165) is 125 Å². The van der Waals surface area contributed by atoms with Gasteiger partial charge in [0, 0.05) is 75.5 Å². The summed E-state index contributed by atoms with van der Waals surface area (Å²) < 4.78 is 49.5. The molecule has 0 saturated heterocycles. The first-order valence-corrected chi connectivity index (χ1v) is 45.3. The summed E-state index contributed by atoms with van der Waals surface area (Å²) in [4.78, 5) is 91.7. The highest BCUT2D eigenvalue weighted by molar-refractivity contribution is 6.34. The molecule has 0 unspecified atom stereocenters. The van der Waals surface area contributed by atoms with Crippen molar-refractivity contribution in [2.75, 3.05) is 95.8 Å². The number of phenols is 1. The van der Waals surface area contributed by atoms with Crippen LogP contribution in [0.15, 0.2) is 305 Å². The molecule has 12 heterocycles. The van der Waals surface area contributed by atoms with Gasteiger partial charge in [-0.05, 0) is 182 Å². The first-order chi connectivity index (χ1) is 67.2. The number of anilines is 7. The predicted octanol–water partition coefficient (Wildman–Crippen LogP) is 18.3. The summed E-state index contributed by atoms with van der Waals surface area (Å²) in [6.45, 7) is 3.68. The van der Waals surface area contributed by atoms with Crippen LogP contribution in [0.4, 0.5) is 40.2 Å². The van der Waals surface area contributed by atoms with Gasteiger partial charge in [0.1, 0.15) is 133 Å². The highest BCUT2D eigenvalue weighted by Gasteiger charge is 2.35. The maximum Gasteiger partial charge on any atom is 0.267 e. The van der Waals surface area contributed by atoms with Crippen molar-refractivity contribution in [2.45, 2.75) is 45.0 Å². The zero-order valence-corrected chi connectivity index (χ0v) is 75.4. The molecule has 1 saturated carbocycles. The van der Waals surface area contributed by atoms with Gasteiger partial charge in [0.25, 0.3) is 23.6 Å². The smallest absolute Gasteiger partial charge is 0.267 e. The van der Waals surface area contributed by atoms with Gasteiger partial charge < -0.3 is 93.3 Å². The molecule has 5 aliphatic rings. The molecule has 1 fully saturated rings. The topological polar surface area (TPSA) is 367 Å². The summed E-state index contributed by atoms with van der Waals surface area (Å²) in [5.74, 6) is 2.72. The van der Waals surface area contributed by atoms with E-state index in [1.54, 1.807) is 31.7 Å². The standard InChI is InChI=1S/C28H21ClN4O3.C28H23N5O3.C26H25N5O3.C21H17N5O3.CH3Cl/c2*29-26-25-27(31-18-30-26)35-15-14-32(28(25)34)21-10-11-22-20(16-21)12-13-33(22)23-8-4-5-9-24(23)36-17-19-6-2-1-3-7-19;27-24-23-25(29-16-28-24)33-14-13-30(26(23)32)18-9-10-20-17(15-18)11-12-31(20)21-7-3-4-8-22(21)34-19-5-1-2-6-19;22-19-18-20(24-12-23-19)29-10-9-25(21(18)28)14-5-6-15-13(11-14)7-8-26(15)16-3-1-2-4-17(16)27;1-2/h1-13,16,18H,14-15,17H2;1-13,16,18H,14-15,17H2,(H2,29,30,31);3-4,7-12,15-16,19H,1-2,5-6,13-14H2,(H2,27,28,29);1-8,11-12,27H,9-10H2,(H2,22,23,24);1H3. The Balaban J connectivity index is 0.000000117. The third-order valence-electron chi connectivity index (χ3n) is 23.9. The second-order valence-corrected chi connectivity index (χ2v) is 32.4.